The molecule has 69 heavy (non-hydrogen) atoms. The maximum Gasteiger partial charge on any atom is 2.00 e. The van der Waals surface area contributed by atoms with Crippen molar-refractivity contribution in [2.24, 2.45) is 28.2 Å². The molecule has 0 amide bonds. The zero-order valence-electron chi connectivity index (χ0n) is 38.9. The third-order valence-corrected chi connectivity index (χ3v) is 14.0. The minimum Gasteiger partial charge on any atom is -0.357 e. The Morgan fingerprint density at radius 2 is 0.565 bits per heavy atom. The molecule has 0 saturated heterocycles. The number of rotatable bonds is 4. The SMILES string of the molecule is CCn1c(=O)n(C)c2cc3c(cc21)-c1nc-3nc2[n-]c(nc3nc(nc4[n-]c(n1)c1cc5c(cc41)n(CC)c(=O)n5C)-c1cc4c(cc1-3)n(C)c(=O)n4CC)c1cc3c(cc21)n(C)c(=O)n3CC.[Zn+2]. The van der Waals surface area contributed by atoms with E-state index in [0.717, 1.165) is 0 Å². The molecule has 7 aromatic heterocycles. The van der Waals surface area contributed by atoms with Crippen molar-refractivity contribution in [2.45, 2.75) is 53.9 Å². The van der Waals surface area contributed by atoms with E-state index in [-0.39, 0.29) is 42.2 Å². The summed E-state index contributed by atoms with van der Waals surface area (Å²) >= 11 is 0. The van der Waals surface area contributed by atoms with Gasteiger partial charge >= 0.3 is 42.2 Å². The van der Waals surface area contributed by atoms with Gasteiger partial charge in [-0.05, 0) is 97.8 Å². The molecule has 21 heteroatoms. The van der Waals surface area contributed by atoms with Crippen LogP contribution in [-0.4, -0.2) is 66.4 Å². The molecule has 2 aliphatic heterocycles. The van der Waals surface area contributed by atoms with Crippen LogP contribution in [0.3, 0.4) is 0 Å². The van der Waals surface area contributed by atoms with E-state index in [9.17, 15) is 19.2 Å². The zero-order chi connectivity index (χ0) is 46.9. The standard InChI is InChI=1S/C48H40N16O4.Zn/c1-9-61-33-17-25-21(13-29(33)57(5)45(61)65)37-49-38-22-14-30-34(62(10-2)46(66)58(30)6)18-26(22)42(51-38)53-40-24-16-32-36(64(12-4)48(68)60(32)8)20-28(24)44(55-40)56-43-27-19-35-31(59(7)47(67)63(35)11-3)15-23(27)39(54-43)52-41(25)50-37;/h13-20H,9-12H2,1-8H3;/q-2;+2. The van der Waals surface area contributed by atoms with Crippen LogP contribution in [0.1, 0.15) is 27.7 Å². The fourth-order valence-corrected chi connectivity index (χ4v) is 10.5. The first kappa shape index (κ1) is 42.3. The fraction of sp³-hybridized carbons (Fsp3) is 0.250. The van der Waals surface area contributed by atoms with Gasteiger partial charge in [0.15, 0.2) is 0 Å². The summed E-state index contributed by atoms with van der Waals surface area (Å²) < 4.78 is 13.2. The van der Waals surface area contributed by atoms with E-state index < -0.39 is 0 Å². The quantitative estimate of drug-likeness (QED) is 0.217. The number of benzene rings is 4. The molecule has 0 N–H and O–H groups in total. The molecule has 20 nitrogen and oxygen atoms in total. The Bertz CT molecular complexity index is 4600. The molecule has 0 atom stereocenters. The molecule has 2 aliphatic rings. The average Bonchev–Trinajstić information content (AvgIpc) is 4.20. The van der Waals surface area contributed by atoms with E-state index in [1.807, 2.05) is 76.2 Å². The third-order valence-electron chi connectivity index (χ3n) is 14.0. The van der Waals surface area contributed by atoms with Gasteiger partial charge in [-0.25, -0.2) is 29.1 Å². The Morgan fingerprint density at radius 1 is 0.348 bits per heavy atom. The molecule has 0 radical (unpaired) electrons. The summed E-state index contributed by atoms with van der Waals surface area (Å²) in [5, 5.41) is 2.50. The molecule has 0 saturated carbocycles. The molecule has 11 aromatic rings. The van der Waals surface area contributed by atoms with E-state index in [1.54, 1.807) is 64.7 Å². The number of fused-ring (bicyclic) bond motifs is 24. The topological polar surface area (TPSA) is 213 Å². The van der Waals surface area contributed by atoms with Gasteiger partial charge in [-0.1, -0.05) is 0 Å². The summed E-state index contributed by atoms with van der Waals surface area (Å²) in [4.78, 5) is 95.4. The minimum atomic E-state index is -0.163. The second kappa shape index (κ2) is 14.5. The van der Waals surface area contributed by atoms with E-state index in [1.165, 1.54) is 0 Å². The summed E-state index contributed by atoms with van der Waals surface area (Å²) in [7, 11) is 6.95. The third kappa shape index (κ3) is 5.46. The number of imidazole rings is 4. The van der Waals surface area contributed by atoms with Crippen LogP contribution < -0.4 is 32.7 Å². The van der Waals surface area contributed by atoms with E-state index in [4.69, 9.17) is 39.9 Å². The zero-order valence-corrected chi connectivity index (χ0v) is 41.9. The number of hydrogen-bond acceptors (Lipinski definition) is 10. The Morgan fingerprint density at radius 3 is 0.826 bits per heavy atom. The average molecular weight is 970 g/mol. The predicted octanol–water partition coefficient (Wildman–Crippen LogP) is 4.82. The second-order valence-corrected chi connectivity index (χ2v) is 17.4. The van der Waals surface area contributed by atoms with Gasteiger partial charge < -0.3 is 29.9 Å². The van der Waals surface area contributed by atoms with Crippen LogP contribution in [0.25, 0.3) is 134 Å². The Balaban J connectivity index is 0.00000492. The fourth-order valence-electron chi connectivity index (χ4n) is 10.5. The monoisotopic (exact) mass is 968 g/mol. The van der Waals surface area contributed by atoms with Gasteiger partial charge in [0.2, 0.25) is 0 Å². The Labute approximate surface area is 400 Å². The van der Waals surface area contributed by atoms with Crippen LogP contribution in [0.15, 0.2) is 67.7 Å². The van der Waals surface area contributed by atoms with Gasteiger partial charge in [-0.15, -0.1) is 0 Å². The Hall–Kier alpha value is -8.06. The van der Waals surface area contributed by atoms with Gasteiger partial charge in [0.1, 0.15) is 0 Å². The van der Waals surface area contributed by atoms with Gasteiger partial charge in [0, 0.05) is 99.2 Å². The van der Waals surface area contributed by atoms with Crippen LogP contribution in [0.2, 0.25) is 0 Å². The van der Waals surface area contributed by atoms with Crippen molar-refractivity contribution >= 4 is 88.3 Å². The van der Waals surface area contributed by atoms with Crippen molar-refractivity contribution in [3.8, 4) is 45.6 Å². The molecule has 0 fully saturated rings. The first-order chi connectivity index (χ1) is 32.8. The molecule has 0 aliphatic carbocycles. The molecule has 8 bridgehead atoms. The number of aryl methyl sites for hydroxylation is 8. The maximum atomic E-state index is 13.5. The first-order valence-corrected chi connectivity index (χ1v) is 22.5. The molecular weight excluding hydrogens is 930 g/mol. The van der Waals surface area contributed by atoms with E-state index in [0.29, 0.717) is 160 Å². The van der Waals surface area contributed by atoms with Gasteiger partial charge in [0.05, 0.1) is 67.4 Å². The molecule has 13 rings (SSSR count). The van der Waals surface area contributed by atoms with E-state index >= 15 is 0 Å². The predicted molar refractivity (Wildman–Crippen MR) is 260 cm³/mol. The van der Waals surface area contributed by atoms with Gasteiger partial charge in [0.25, 0.3) is 0 Å². The van der Waals surface area contributed by atoms with Crippen molar-refractivity contribution in [1.29, 1.82) is 0 Å². The summed E-state index contributed by atoms with van der Waals surface area (Å²) in [5.74, 6) is 1.19. The molecule has 9 heterocycles. The summed E-state index contributed by atoms with van der Waals surface area (Å²) in [6, 6.07) is 15.3. The van der Waals surface area contributed by atoms with Crippen LogP contribution in [0, 0.1) is 0 Å². The van der Waals surface area contributed by atoms with Crippen molar-refractivity contribution < 1.29 is 19.5 Å². The van der Waals surface area contributed by atoms with Crippen LogP contribution >= 0.6 is 0 Å². The second-order valence-electron chi connectivity index (χ2n) is 17.4. The maximum absolute atomic E-state index is 13.5. The van der Waals surface area contributed by atoms with Gasteiger partial charge in [-0.2, -0.15) is 0 Å². The molecule has 0 spiro atoms. The normalized spacial score (nSPS) is 12.4. The van der Waals surface area contributed by atoms with Gasteiger partial charge in [-0.3, -0.25) is 36.5 Å². The van der Waals surface area contributed by atoms with Crippen molar-refractivity contribution in [3.63, 3.8) is 0 Å². The molecule has 0 unspecified atom stereocenters. The van der Waals surface area contributed by atoms with Crippen molar-refractivity contribution in [3.05, 3.63) is 90.5 Å². The van der Waals surface area contributed by atoms with Crippen molar-refractivity contribution in [2.75, 3.05) is 0 Å². The largest absolute Gasteiger partial charge is 2.00 e. The number of nitrogens with zero attached hydrogens (tertiary/aromatic N) is 16. The molecular formula is C48H40N16O4Zn. The van der Waals surface area contributed by atoms with Crippen molar-refractivity contribution in [1.82, 2.24) is 76.4 Å². The van der Waals surface area contributed by atoms with Crippen LogP contribution in [-0.2, 0) is 73.8 Å². The Kier molecular flexibility index (Phi) is 8.88. The van der Waals surface area contributed by atoms with Crippen LogP contribution in [0.5, 0.6) is 0 Å². The number of aromatic nitrogens is 16. The van der Waals surface area contributed by atoms with E-state index in [2.05, 4.69) is 0 Å². The summed E-state index contributed by atoms with van der Waals surface area (Å²) in [6.07, 6.45) is 0. The smallest absolute Gasteiger partial charge is 0.357 e. The number of hydrogen-bond donors (Lipinski definition) is 0. The minimum absolute atomic E-state index is 0. The molecule has 338 valence electrons. The summed E-state index contributed by atoms with van der Waals surface area (Å²) in [5.41, 5.74) is 8.60. The first-order valence-electron chi connectivity index (χ1n) is 22.5. The molecule has 4 aromatic carbocycles. The summed E-state index contributed by atoms with van der Waals surface area (Å²) in [6.45, 7) is 9.46. The van der Waals surface area contributed by atoms with Crippen LogP contribution in [0.4, 0.5) is 0 Å².